The first kappa shape index (κ1) is 11.7. The number of carbonyl (C=O) groups is 1. The van der Waals surface area contributed by atoms with Crippen LogP contribution in [0.1, 0.15) is 36.9 Å². The highest BCUT2D eigenvalue weighted by Gasteiger charge is 2.23. The lowest BCUT2D eigenvalue weighted by Crippen LogP contribution is -2.33. The Labute approximate surface area is 90.4 Å². The van der Waals surface area contributed by atoms with Crippen LogP contribution in [0, 0.1) is 6.92 Å². The molecule has 1 heterocycles. The molecule has 0 radical (unpaired) electrons. The lowest BCUT2D eigenvalue weighted by Gasteiger charge is -2.12. The second kappa shape index (κ2) is 4.91. The van der Waals surface area contributed by atoms with Crippen molar-refractivity contribution in [3.8, 4) is 0 Å². The number of aryl methyl sites for hydroxylation is 1. The summed E-state index contributed by atoms with van der Waals surface area (Å²) in [4.78, 5) is 11.1. The Balaban J connectivity index is 3.11. The summed E-state index contributed by atoms with van der Waals surface area (Å²) in [7, 11) is 1.93. The Hall–Kier alpha value is -1.38. The molecular formula is C12H18NO2+. The predicted octanol–water partition coefficient (Wildman–Crippen LogP) is 1.79. The van der Waals surface area contributed by atoms with E-state index in [0.29, 0.717) is 6.42 Å². The first-order chi connectivity index (χ1) is 7.07. The summed E-state index contributed by atoms with van der Waals surface area (Å²) in [6.07, 6.45) is 3.51. The van der Waals surface area contributed by atoms with Gasteiger partial charge in [-0.25, -0.2) is 4.57 Å². The molecule has 1 aromatic rings. The second-order valence-electron chi connectivity index (χ2n) is 3.84. The fraction of sp³-hybridized carbons (Fsp3) is 0.500. The molecule has 1 atom stereocenters. The van der Waals surface area contributed by atoms with Crippen molar-refractivity contribution in [1.29, 1.82) is 0 Å². The van der Waals surface area contributed by atoms with Crippen LogP contribution in [0.3, 0.4) is 0 Å². The summed E-state index contributed by atoms with van der Waals surface area (Å²) in [6, 6.07) is 3.80. The largest absolute Gasteiger partial charge is 0.481 e. The van der Waals surface area contributed by atoms with Crippen molar-refractivity contribution in [3.05, 3.63) is 29.6 Å². The highest BCUT2D eigenvalue weighted by Crippen LogP contribution is 2.22. The Morgan fingerprint density at radius 3 is 2.80 bits per heavy atom. The summed E-state index contributed by atoms with van der Waals surface area (Å²) in [5.41, 5.74) is 1.95. The van der Waals surface area contributed by atoms with Gasteiger partial charge in [0.2, 0.25) is 0 Å². The third kappa shape index (κ3) is 2.55. The Morgan fingerprint density at radius 2 is 2.27 bits per heavy atom. The summed E-state index contributed by atoms with van der Waals surface area (Å²) >= 11 is 0. The van der Waals surface area contributed by atoms with Gasteiger partial charge in [0.25, 0.3) is 0 Å². The van der Waals surface area contributed by atoms with Crippen molar-refractivity contribution in [2.24, 2.45) is 7.05 Å². The van der Waals surface area contributed by atoms with Crippen LogP contribution in [0.4, 0.5) is 0 Å². The van der Waals surface area contributed by atoms with Crippen LogP contribution in [-0.2, 0) is 11.8 Å². The molecule has 0 saturated carbocycles. The van der Waals surface area contributed by atoms with E-state index in [-0.39, 0.29) is 5.92 Å². The van der Waals surface area contributed by atoms with Crippen LogP contribution in [0.25, 0.3) is 0 Å². The van der Waals surface area contributed by atoms with Crippen molar-refractivity contribution in [2.75, 3.05) is 0 Å². The maximum Gasteiger partial charge on any atom is 0.311 e. The van der Waals surface area contributed by atoms with Crippen molar-refractivity contribution in [3.63, 3.8) is 0 Å². The summed E-state index contributed by atoms with van der Waals surface area (Å²) in [5.74, 6) is -1.10. The molecule has 0 aliphatic rings. The monoisotopic (exact) mass is 208 g/mol. The number of carboxylic acids is 1. The highest BCUT2D eigenvalue weighted by molar-refractivity contribution is 5.76. The van der Waals surface area contributed by atoms with E-state index in [1.54, 1.807) is 0 Å². The Bertz CT molecular complexity index is 361. The van der Waals surface area contributed by atoms with Crippen LogP contribution >= 0.6 is 0 Å². The van der Waals surface area contributed by atoms with Gasteiger partial charge in [-0.2, -0.15) is 0 Å². The van der Waals surface area contributed by atoms with Gasteiger partial charge in [-0.15, -0.1) is 0 Å². The molecule has 0 saturated heterocycles. The smallest absolute Gasteiger partial charge is 0.311 e. The number of hydrogen-bond donors (Lipinski definition) is 1. The zero-order valence-electron chi connectivity index (χ0n) is 9.53. The molecular weight excluding hydrogens is 190 g/mol. The van der Waals surface area contributed by atoms with Crippen molar-refractivity contribution in [1.82, 2.24) is 0 Å². The topological polar surface area (TPSA) is 41.2 Å². The van der Waals surface area contributed by atoms with E-state index >= 15 is 0 Å². The van der Waals surface area contributed by atoms with E-state index in [1.807, 2.05) is 43.8 Å². The molecule has 1 unspecified atom stereocenters. The number of nitrogens with zero attached hydrogens (tertiary/aromatic N) is 1. The molecule has 3 nitrogen and oxygen atoms in total. The fourth-order valence-corrected chi connectivity index (χ4v) is 1.78. The third-order valence-electron chi connectivity index (χ3n) is 2.78. The molecule has 0 aliphatic carbocycles. The summed E-state index contributed by atoms with van der Waals surface area (Å²) in [5, 5.41) is 9.16. The van der Waals surface area contributed by atoms with Gasteiger partial charge in [-0.3, -0.25) is 4.79 Å². The number of rotatable bonds is 4. The van der Waals surface area contributed by atoms with Crippen molar-refractivity contribution < 1.29 is 14.5 Å². The number of pyridine rings is 1. The van der Waals surface area contributed by atoms with E-state index in [0.717, 1.165) is 17.7 Å². The zero-order chi connectivity index (χ0) is 11.4. The summed E-state index contributed by atoms with van der Waals surface area (Å²) < 4.78 is 1.96. The van der Waals surface area contributed by atoms with Gasteiger partial charge in [0.1, 0.15) is 7.05 Å². The van der Waals surface area contributed by atoms with Gasteiger partial charge in [-0.05, 0) is 12.5 Å². The van der Waals surface area contributed by atoms with E-state index in [2.05, 4.69) is 0 Å². The number of aromatic nitrogens is 1. The molecule has 1 aromatic heterocycles. The maximum atomic E-state index is 11.1. The van der Waals surface area contributed by atoms with Crippen LogP contribution in [0.2, 0.25) is 0 Å². The predicted molar refractivity (Wildman–Crippen MR) is 57.6 cm³/mol. The molecule has 0 spiro atoms. The number of carboxylic acid groups (broad SMARTS) is 1. The van der Waals surface area contributed by atoms with Crippen LogP contribution in [-0.4, -0.2) is 11.1 Å². The molecule has 0 bridgehead atoms. The van der Waals surface area contributed by atoms with Gasteiger partial charge in [0, 0.05) is 18.6 Å². The minimum atomic E-state index is -0.730. The lowest BCUT2D eigenvalue weighted by molar-refractivity contribution is -0.678. The molecule has 0 fully saturated rings. The van der Waals surface area contributed by atoms with Gasteiger partial charge in [0.15, 0.2) is 11.9 Å². The van der Waals surface area contributed by atoms with E-state index in [1.165, 1.54) is 0 Å². The Kier molecular flexibility index (Phi) is 3.83. The molecule has 3 heteroatoms. The molecule has 1 rings (SSSR count). The van der Waals surface area contributed by atoms with Crippen molar-refractivity contribution in [2.45, 2.75) is 32.6 Å². The minimum Gasteiger partial charge on any atom is -0.481 e. The van der Waals surface area contributed by atoms with E-state index in [4.69, 9.17) is 5.11 Å². The number of aliphatic carboxylic acids is 1. The highest BCUT2D eigenvalue weighted by atomic mass is 16.4. The molecule has 0 aliphatic heterocycles. The lowest BCUT2D eigenvalue weighted by atomic mass is 9.93. The standard InChI is InChI=1S/C12H17NO2/c1-4-6-11(12(14)15)10-7-5-8-13(3)9(10)2/h5,7-8,11H,4,6H2,1-3H3/p+1. The second-order valence-corrected chi connectivity index (χ2v) is 3.84. The fourth-order valence-electron chi connectivity index (χ4n) is 1.78. The van der Waals surface area contributed by atoms with Crippen molar-refractivity contribution >= 4 is 5.97 Å². The number of hydrogen-bond acceptors (Lipinski definition) is 1. The summed E-state index contributed by atoms with van der Waals surface area (Å²) in [6.45, 7) is 3.97. The van der Waals surface area contributed by atoms with E-state index < -0.39 is 5.97 Å². The van der Waals surface area contributed by atoms with Crippen LogP contribution in [0.15, 0.2) is 18.3 Å². The molecule has 15 heavy (non-hydrogen) atoms. The first-order valence-electron chi connectivity index (χ1n) is 5.25. The van der Waals surface area contributed by atoms with Gasteiger partial charge >= 0.3 is 5.97 Å². The molecule has 1 N–H and O–H groups in total. The minimum absolute atomic E-state index is 0.373. The average molecular weight is 208 g/mol. The van der Waals surface area contributed by atoms with Gasteiger partial charge in [-0.1, -0.05) is 13.3 Å². The maximum absolute atomic E-state index is 11.1. The van der Waals surface area contributed by atoms with Crippen LogP contribution in [0.5, 0.6) is 0 Å². The normalized spacial score (nSPS) is 12.5. The van der Waals surface area contributed by atoms with Crippen LogP contribution < -0.4 is 4.57 Å². The molecule has 0 amide bonds. The Morgan fingerprint density at radius 1 is 1.60 bits per heavy atom. The zero-order valence-corrected chi connectivity index (χ0v) is 9.53. The SMILES string of the molecule is CCCC(C(=O)O)c1ccc[n+](C)c1C. The average Bonchev–Trinajstić information content (AvgIpc) is 2.19. The van der Waals surface area contributed by atoms with E-state index in [9.17, 15) is 4.79 Å². The quantitative estimate of drug-likeness (QED) is 0.766. The third-order valence-corrected chi connectivity index (χ3v) is 2.78. The van der Waals surface area contributed by atoms with Gasteiger partial charge < -0.3 is 5.11 Å². The molecule has 0 aromatic carbocycles. The first-order valence-corrected chi connectivity index (χ1v) is 5.25. The molecule has 82 valence electrons. The van der Waals surface area contributed by atoms with Gasteiger partial charge in [0.05, 0.1) is 5.92 Å².